The molecule has 0 aromatic heterocycles. The standard InChI is InChI=1S/C15H17BrN2O2S/c1-10-6-14(17)9-15(7-10)21(19,20)18-11(2)12-4-3-5-13(16)8-12/h3-9,11,18H,17H2,1-2H3. The van der Waals surface area contributed by atoms with E-state index in [0.717, 1.165) is 15.6 Å². The maximum atomic E-state index is 12.4. The summed E-state index contributed by atoms with van der Waals surface area (Å²) in [6.07, 6.45) is 0. The fourth-order valence-electron chi connectivity index (χ4n) is 2.08. The number of hydrogen-bond donors (Lipinski definition) is 2. The topological polar surface area (TPSA) is 72.2 Å². The zero-order valence-electron chi connectivity index (χ0n) is 11.8. The van der Waals surface area contributed by atoms with E-state index >= 15 is 0 Å². The van der Waals surface area contributed by atoms with Gasteiger partial charge in [0.2, 0.25) is 10.0 Å². The van der Waals surface area contributed by atoms with Gasteiger partial charge in [0.05, 0.1) is 4.90 Å². The molecular formula is C15H17BrN2O2S. The van der Waals surface area contributed by atoms with Crippen LogP contribution in [0.1, 0.15) is 24.1 Å². The van der Waals surface area contributed by atoms with Gasteiger partial charge in [0.1, 0.15) is 0 Å². The van der Waals surface area contributed by atoms with E-state index < -0.39 is 10.0 Å². The first-order valence-electron chi connectivity index (χ1n) is 6.43. The Morgan fingerprint density at radius 1 is 1.19 bits per heavy atom. The van der Waals surface area contributed by atoms with Crippen molar-refractivity contribution in [2.45, 2.75) is 24.8 Å². The van der Waals surface area contributed by atoms with Crippen LogP contribution >= 0.6 is 15.9 Å². The quantitative estimate of drug-likeness (QED) is 0.812. The van der Waals surface area contributed by atoms with Gasteiger partial charge in [-0.3, -0.25) is 0 Å². The van der Waals surface area contributed by atoms with E-state index in [-0.39, 0.29) is 10.9 Å². The van der Waals surface area contributed by atoms with E-state index in [0.29, 0.717) is 5.69 Å². The number of halogens is 1. The van der Waals surface area contributed by atoms with Crippen molar-refractivity contribution in [3.63, 3.8) is 0 Å². The lowest BCUT2D eigenvalue weighted by atomic mass is 10.1. The monoisotopic (exact) mass is 368 g/mol. The Hall–Kier alpha value is -1.37. The second-order valence-electron chi connectivity index (χ2n) is 4.98. The van der Waals surface area contributed by atoms with Crippen LogP contribution in [0.2, 0.25) is 0 Å². The number of anilines is 1. The van der Waals surface area contributed by atoms with Crippen LogP contribution in [0.15, 0.2) is 51.8 Å². The van der Waals surface area contributed by atoms with E-state index in [1.807, 2.05) is 31.2 Å². The first-order chi connectivity index (χ1) is 9.78. The van der Waals surface area contributed by atoms with Crippen molar-refractivity contribution in [3.05, 3.63) is 58.1 Å². The molecule has 0 spiro atoms. The zero-order valence-corrected chi connectivity index (χ0v) is 14.2. The predicted molar refractivity (Wildman–Crippen MR) is 88.5 cm³/mol. The molecule has 0 saturated heterocycles. The first kappa shape index (κ1) is 16.0. The molecule has 4 nitrogen and oxygen atoms in total. The van der Waals surface area contributed by atoms with Crippen molar-refractivity contribution in [3.8, 4) is 0 Å². The maximum absolute atomic E-state index is 12.4. The molecule has 6 heteroatoms. The number of benzene rings is 2. The van der Waals surface area contributed by atoms with Gasteiger partial charge in [-0.05, 0) is 55.3 Å². The summed E-state index contributed by atoms with van der Waals surface area (Å²) in [4.78, 5) is 0.182. The number of hydrogen-bond acceptors (Lipinski definition) is 3. The summed E-state index contributed by atoms with van der Waals surface area (Å²) in [5.74, 6) is 0. The minimum absolute atomic E-state index is 0.182. The summed E-state index contributed by atoms with van der Waals surface area (Å²) in [6.45, 7) is 3.62. The second-order valence-corrected chi connectivity index (χ2v) is 7.61. The number of nitrogens with two attached hydrogens (primary N) is 1. The van der Waals surface area contributed by atoms with Crippen molar-refractivity contribution in [1.82, 2.24) is 4.72 Å². The summed E-state index contributed by atoms with van der Waals surface area (Å²) in [7, 11) is -3.61. The molecule has 2 aromatic rings. The molecule has 1 unspecified atom stereocenters. The van der Waals surface area contributed by atoms with Gasteiger partial charge in [-0.1, -0.05) is 28.1 Å². The molecule has 21 heavy (non-hydrogen) atoms. The molecule has 1 atom stereocenters. The predicted octanol–water partition coefficient (Wildman–Crippen LogP) is 3.38. The Morgan fingerprint density at radius 2 is 1.90 bits per heavy atom. The second kappa shape index (κ2) is 6.17. The lowest BCUT2D eigenvalue weighted by molar-refractivity contribution is 0.567. The Kier molecular flexibility index (Phi) is 4.70. The highest BCUT2D eigenvalue weighted by atomic mass is 79.9. The third-order valence-corrected chi connectivity index (χ3v) is 5.08. The Balaban J connectivity index is 2.28. The highest BCUT2D eigenvalue weighted by molar-refractivity contribution is 9.10. The van der Waals surface area contributed by atoms with Gasteiger partial charge in [0, 0.05) is 16.2 Å². The van der Waals surface area contributed by atoms with Gasteiger partial charge in [-0.15, -0.1) is 0 Å². The van der Waals surface area contributed by atoms with Crippen molar-refractivity contribution in [1.29, 1.82) is 0 Å². The highest BCUT2D eigenvalue weighted by Gasteiger charge is 2.19. The zero-order chi connectivity index (χ0) is 15.6. The van der Waals surface area contributed by atoms with Gasteiger partial charge >= 0.3 is 0 Å². The summed E-state index contributed by atoms with van der Waals surface area (Å²) < 4.78 is 28.4. The Morgan fingerprint density at radius 3 is 2.52 bits per heavy atom. The molecule has 3 N–H and O–H groups in total. The van der Waals surface area contributed by atoms with Gasteiger partial charge in [-0.25, -0.2) is 13.1 Å². The van der Waals surface area contributed by atoms with Crippen molar-refractivity contribution < 1.29 is 8.42 Å². The van der Waals surface area contributed by atoms with Crippen LogP contribution in [0.4, 0.5) is 5.69 Å². The van der Waals surface area contributed by atoms with Crippen LogP contribution < -0.4 is 10.5 Å². The largest absolute Gasteiger partial charge is 0.399 e. The molecule has 112 valence electrons. The van der Waals surface area contributed by atoms with E-state index in [4.69, 9.17) is 5.73 Å². The van der Waals surface area contributed by atoms with E-state index in [9.17, 15) is 8.42 Å². The van der Waals surface area contributed by atoms with Crippen LogP contribution in [0.3, 0.4) is 0 Å². The van der Waals surface area contributed by atoms with Crippen LogP contribution in [0.5, 0.6) is 0 Å². The number of rotatable bonds is 4. The fourth-order valence-corrected chi connectivity index (χ4v) is 3.86. The summed E-state index contributed by atoms with van der Waals surface area (Å²) >= 11 is 3.38. The average molecular weight is 369 g/mol. The van der Waals surface area contributed by atoms with Gasteiger partial charge in [0.15, 0.2) is 0 Å². The average Bonchev–Trinajstić information content (AvgIpc) is 2.37. The number of nitrogen functional groups attached to an aromatic ring is 1. The highest BCUT2D eigenvalue weighted by Crippen LogP contribution is 2.22. The molecule has 0 aliphatic carbocycles. The molecule has 0 radical (unpaired) electrons. The van der Waals surface area contributed by atoms with E-state index in [1.165, 1.54) is 6.07 Å². The molecule has 0 saturated carbocycles. The minimum Gasteiger partial charge on any atom is -0.399 e. The molecule has 0 fully saturated rings. The molecule has 2 rings (SSSR count). The summed E-state index contributed by atoms with van der Waals surface area (Å²) in [5, 5.41) is 0. The van der Waals surface area contributed by atoms with Gasteiger partial charge < -0.3 is 5.73 Å². The lowest BCUT2D eigenvalue weighted by Crippen LogP contribution is -2.27. The van der Waals surface area contributed by atoms with Crippen LogP contribution in [-0.2, 0) is 10.0 Å². The molecular weight excluding hydrogens is 352 g/mol. The Bertz CT molecular complexity index is 740. The molecule has 0 heterocycles. The van der Waals surface area contributed by atoms with Crippen molar-refractivity contribution in [2.75, 3.05) is 5.73 Å². The van der Waals surface area contributed by atoms with Gasteiger partial charge in [-0.2, -0.15) is 0 Å². The molecule has 0 aliphatic heterocycles. The summed E-state index contributed by atoms with van der Waals surface area (Å²) in [6, 6.07) is 12.0. The third-order valence-electron chi connectivity index (χ3n) is 3.06. The van der Waals surface area contributed by atoms with Crippen LogP contribution in [0, 0.1) is 6.92 Å². The van der Waals surface area contributed by atoms with E-state index in [2.05, 4.69) is 20.7 Å². The number of nitrogens with one attached hydrogen (secondary N) is 1. The SMILES string of the molecule is Cc1cc(N)cc(S(=O)(=O)NC(C)c2cccc(Br)c2)c1. The van der Waals surface area contributed by atoms with Crippen LogP contribution in [-0.4, -0.2) is 8.42 Å². The Labute approximate surface area is 133 Å². The smallest absolute Gasteiger partial charge is 0.241 e. The fraction of sp³-hybridized carbons (Fsp3) is 0.200. The molecule has 0 bridgehead atoms. The van der Waals surface area contributed by atoms with Crippen molar-refractivity contribution in [2.24, 2.45) is 0 Å². The van der Waals surface area contributed by atoms with Crippen LogP contribution in [0.25, 0.3) is 0 Å². The normalized spacial score (nSPS) is 13.1. The van der Waals surface area contributed by atoms with Gasteiger partial charge in [0.25, 0.3) is 0 Å². The number of aryl methyl sites for hydroxylation is 1. The lowest BCUT2D eigenvalue weighted by Gasteiger charge is -2.15. The third kappa shape index (κ3) is 4.06. The molecule has 0 amide bonds. The maximum Gasteiger partial charge on any atom is 0.241 e. The molecule has 2 aromatic carbocycles. The first-order valence-corrected chi connectivity index (χ1v) is 8.70. The minimum atomic E-state index is -3.61. The molecule has 0 aliphatic rings. The van der Waals surface area contributed by atoms with Crippen molar-refractivity contribution >= 4 is 31.6 Å². The summed E-state index contributed by atoms with van der Waals surface area (Å²) in [5.41, 5.74) is 7.85. The van der Waals surface area contributed by atoms with E-state index in [1.54, 1.807) is 19.1 Å². The number of sulfonamides is 1.